The lowest BCUT2D eigenvalue weighted by Crippen LogP contribution is -2.30. The van der Waals surface area contributed by atoms with E-state index in [9.17, 15) is 12.8 Å². The zero-order valence-electron chi connectivity index (χ0n) is 11.1. The second-order valence-corrected chi connectivity index (χ2v) is 7.14. The van der Waals surface area contributed by atoms with E-state index < -0.39 is 15.8 Å². The molecular weight excluding hydrogens is 336 g/mol. The Labute approximate surface area is 133 Å². The third-order valence-corrected chi connectivity index (χ3v) is 4.69. The van der Waals surface area contributed by atoms with Crippen molar-refractivity contribution in [1.29, 1.82) is 0 Å². The summed E-state index contributed by atoms with van der Waals surface area (Å²) < 4.78 is 38.9. The van der Waals surface area contributed by atoms with Gasteiger partial charge in [-0.25, -0.2) is 12.8 Å². The fourth-order valence-corrected chi connectivity index (χ4v) is 3.25. The molecule has 0 spiro atoms. The van der Waals surface area contributed by atoms with Crippen molar-refractivity contribution in [3.8, 4) is 0 Å². The summed E-state index contributed by atoms with van der Waals surface area (Å²) in [6.45, 7) is -0.228. The van der Waals surface area contributed by atoms with Crippen LogP contribution in [0.1, 0.15) is 5.56 Å². The zero-order chi connectivity index (χ0) is 15.6. The fourth-order valence-electron chi connectivity index (χ4n) is 1.86. The second kappa shape index (κ2) is 6.22. The highest BCUT2D eigenvalue weighted by Gasteiger charge is 2.22. The highest BCUT2D eigenvalue weighted by molar-refractivity contribution is 7.92. The van der Waals surface area contributed by atoms with Gasteiger partial charge in [-0.1, -0.05) is 41.4 Å². The lowest BCUT2D eigenvalue weighted by Gasteiger charge is -2.24. The van der Waals surface area contributed by atoms with Crippen LogP contribution >= 0.6 is 23.2 Å². The zero-order valence-corrected chi connectivity index (χ0v) is 13.4. The van der Waals surface area contributed by atoms with E-state index in [0.717, 1.165) is 10.6 Å². The second-order valence-electron chi connectivity index (χ2n) is 4.42. The molecule has 21 heavy (non-hydrogen) atoms. The lowest BCUT2D eigenvalue weighted by atomic mass is 10.2. The first-order chi connectivity index (χ1) is 9.80. The van der Waals surface area contributed by atoms with Gasteiger partial charge < -0.3 is 0 Å². The van der Waals surface area contributed by atoms with E-state index >= 15 is 0 Å². The molecule has 0 bridgehead atoms. The summed E-state index contributed by atoms with van der Waals surface area (Å²) in [5, 5.41) is 0.422. The van der Waals surface area contributed by atoms with Crippen molar-refractivity contribution >= 4 is 38.9 Å². The van der Waals surface area contributed by atoms with Crippen LogP contribution in [0.5, 0.6) is 0 Å². The van der Waals surface area contributed by atoms with E-state index in [1.807, 2.05) is 0 Å². The van der Waals surface area contributed by atoms with Crippen molar-refractivity contribution in [1.82, 2.24) is 0 Å². The fraction of sp³-hybridized carbons (Fsp3) is 0.143. The van der Waals surface area contributed by atoms with Crippen LogP contribution < -0.4 is 4.31 Å². The molecule has 2 rings (SSSR count). The highest BCUT2D eigenvalue weighted by atomic mass is 35.5. The van der Waals surface area contributed by atoms with Crippen LogP contribution in [-0.2, 0) is 16.6 Å². The molecule has 0 heterocycles. The van der Waals surface area contributed by atoms with E-state index in [1.165, 1.54) is 18.2 Å². The minimum Gasteiger partial charge on any atom is -0.264 e. The standard InChI is InChI=1S/C14H12Cl2FNO2S/c1-21(19,20)18(14-8-3-2-5-12(14)16)9-10-11(15)6-4-7-13(10)17/h2-8H,9H2,1H3. The molecule has 112 valence electrons. The molecule has 0 amide bonds. The van der Waals surface area contributed by atoms with Crippen molar-refractivity contribution in [3.63, 3.8) is 0 Å². The van der Waals surface area contributed by atoms with Crippen LogP contribution in [0, 0.1) is 5.82 Å². The van der Waals surface area contributed by atoms with E-state index in [4.69, 9.17) is 23.2 Å². The molecule has 0 saturated carbocycles. The summed E-state index contributed by atoms with van der Waals surface area (Å²) in [6.07, 6.45) is 1.03. The van der Waals surface area contributed by atoms with Gasteiger partial charge in [0.2, 0.25) is 10.0 Å². The van der Waals surface area contributed by atoms with Crippen molar-refractivity contribution < 1.29 is 12.8 Å². The largest absolute Gasteiger partial charge is 0.264 e. The normalized spacial score (nSPS) is 11.4. The Morgan fingerprint density at radius 3 is 2.24 bits per heavy atom. The summed E-state index contributed by atoms with van der Waals surface area (Å²) in [6, 6.07) is 10.7. The third kappa shape index (κ3) is 3.67. The van der Waals surface area contributed by atoms with E-state index in [2.05, 4.69) is 0 Å². The van der Waals surface area contributed by atoms with Crippen LogP contribution in [0.15, 0.2) is 42.5 Å². The molecule has 0 aliphatic heterocycles. The van der Waals surface area contributed by atoms with Gasteiger partial charge in [-0.15, -0.1) is 0 Å². The number of anilines is 1. The summed E-state index contributed by atoms with van der Waals surface area (Å²) in [4.78, 5) is 0. The van der Waals surface area contributed by atoms with Crippen LogP contribution in [0.2, 0.25) is 10.0 Å². The molecule has 0 radical (unpaired) electrons. The first kappa shape index (κ1) is 16.1. The molecule has 7 heteroatoms. The predicted octanol–water partition coefficient (Wildman–Crippen LogP) is 4.10. The Hall–Kier alpha value is -1.30. The Kier molecular flexibility index (Phi) is 4.76. The lowest BCUT2D eigenvalue weighted by molar-refractivity contribution is 0.590. The van der Waals surface area contributed by atoms with E-state index in [1.54, 1.807) is 24.3 Å². The quantitative estimate of drug-likeness (QED) is 0.834. The van der Waals surface area contributed by atoms with Gasteiger partial charge >= 0.3 is 0 Å². The van der Waals surface area contributed by atoms with E-state index in [0.29, 0.717) is 0 Å². The molecule has 2 aromatic carbocycles. The molecule has 0 fully saturated rings. The highest BCUT2D eigenvalue weighted by Crippen LogP contribution is 2.30. The summed E-state index contributed by atoms with van der Waals surface area (Å²) in [7, 11) is -3.65. The topological polar surface area (TPSA) is 37.4 Å². The van der Waals surface area contributed by atoms with Gasteiger partial charge in [0, 0.05) is 10.6 Å². The van der Waals surface area contributed by atoms with Crippen molar-refractivity contribution in [2.24, 2.45) is 0 Å². The van der Waals surface area contributed by atoms with Crippen LogP contribution in [0.3, 0.4) is 0 Å². The minimum atomic E-state index is -3.65. The number of sulfonamides is 1. The molecule has 0 saturated heterocycles. The van der Waals surface area contributed by atoms with Gasteiger partial charge in [-0.05, 0) is 24.3 Å². The molecular formula is C14H12Cl2FNO2S. The summed E-state index contributed by atoms with van der Waals surface area (Å²) in [5.74, 6) is -0.566. The van der Waals surface area contributed by atoms with Crippen LogP contribution in [-0.4, -0.2) is 14.7 Å². The predicted molar refractivity (Wildman–Crippen MR) is 83.9 cm³/mol. The van der Waals surface area contributed by atoms with Gasteiger partial charge in [0.1, 0.15) is 5.82 Å². The van der Waals surface area contributed by atoms with Gasteiger partial charge in [-0.2, -0.15) is 0 Å². The average Bonchev–Trinajstić information content (AvgIpc) is 2.38. The maximum atomic E-state index is 13.9. The number of nitrogens with zero attached hydrogens (tertiary/aromatic N) is 1. The monoisotopic (exact) mass is 347 g/mol. The van der Waals surface area contributed by atoms with Gasteiger partial charge in [0.15, 0.2) is 0 Å². The first-order valence-corrected chi connectivity index (χ1v) is 8.56. The van der Waals surface area contributed by atoms with Crippen molar-refractivity contribution in [2.75, 3.05) is 10.6 Å². The smallest absolute Gasteiger partial charge is 0.232 e. The number of hydrogen-bond acceptors (Lipinski definition) is 2. The maximum Gasteiger partial charge on any atom is 0.232 e. The molecule has 2 aromatic rings. The van der Waals surface area contributed by atoms with Gasteiger partial charge in [0.25, 0.3) is 0 Å². The average molecular weight is 348 g/mol. The number of para-hydroxylation sites is 1. The van der Waals surface area contributed by atoms with E-state index in [-0.39, 0.29) is 27.8 Å². The molecule has 0 N–H and O–H groups in total. The number of benzene rings is 2. The minimum absolute atomic E-state index is 0.101. The molecule has 3 nitrogen and oxygen atoms in total. The SMILES string of the molecule is CS(=O)(=O)N(Cc1c(F)cccc1Cl)c1ccccc1Cl. The Morgan fingerprint density at radius 1 is 1.05 bits per heavy atom. The molecule has 0 atom stereocenters. The van der Waals surface area contributed by atoms with Crippen LogP contribution in [0.25, 0.3) is 0 Å². The molecule has 0 aliphatic carbocycles. The first-order valence-electron chi connectivity index (χ1n) is 5.96. The molecule has 0 unspecified atom stereocenters. The van der Waals surface area contributed by atoms with Crippen molar-refractivity contribution in [2.45, 2.75) is 6.54 Å². The van der Waals surface area contributed by atoms with Gasteiger partial charge in [-0.3, -0.25) is 4.31 Å². The summed E-state index contributed by atoms with van der Waals surface area (Å²) >= 11 is 12.0. The number of rotatable bonds is 4. The third-order valence-electron chi connectivity index (χ3n) is 2.88. The maximum absolute atomic E-state index is 13.9. The summed E-state index contributed by atoms with van der Waals surface area (Å²) in [5.41, 5.74) is 0.380. The number of halogens is 3. The molecule has 0 aromatic heterocycles. The Bertz CT molecular complexity index is 745. The molecule has 0 aliphatic rings. The Balaban J connectivity index is 2.52. The Morgan fingerprint density at radius 2 is 1.67 bits per heavy atom. The van der Waals surface area contributed by atoms with Gasteiger partial charge in [0.05, 0.1) is 23.5 Å². The van der Waals surface area contributed by atoms with Crippen molar-refractivity contribution in [3.05, 3.63) is 63.9 Å². The number of hydrogen-bond donors (Lipinski definition) is 0. The van der Waals surface area contributed by atoms with Crippen LogP contribution in [0.4, 0.5) is 10.1 Å².